The monoisotopic (exact) mass is 443 g/mol. The number of hydrogen-bond acceptors (Lipinski definition) is 5. The van der Waals surface area contributed by atoms with Crippen molar-refractivity contribution < 1.29 is 24.2 Å². The van der Waals surface area contributed by atoms with Gasteiger partial charge in [0.05, 0.1) is 17.4 Å². The Labute approximate surface area is 188 Å². The summed E-state index contributed by atoms with van der Waals surface area (Å²) in [5, 5.41) is 15.1. The van der Waals surface area contributed by atoms with E-state index in [1.54, 1.807) is 7.05 Å². The Bertz CT molecular complexity index is 950. The normalized spacial score (nSPS) is 32.8. The minimum Gasteiger partial charge on any atom is -0.396 e. The molecule has 3 heterocycles. The van der Waals surface area contributed by atoms with Gasteiger partial charge in [-0.1, -0.05) is 19.1 Å². The lowest BCUT2D eigenvalue weighted by Crippen LogP contribution is -2.53. The minimum absolute atomic E-state index is 0.0919. The van der Waals surface area contributed by atoms with Gasteiger partial charge in [-0.15, -0.1) is 0 Å². The molecule has 3 saturated heterocycles. The van der Waals surface area contributed by atoms with Gasteiger partial charge in [-0.3, -0.25) is 14.4 Å². The van der Waals surface area contributed by atoms with Crippen LogP contribution < -0.4 is 10.6 Å². The molecule has 2 bridgehead atoms. The molecule has 1 spiro atoms. The smallest absolute Gasteiger partial charge is 0.250 e. The summed E-state index contributed by atoms with van der Waals surface area (Å²) in [4.78, 5) is 41.8. The van der Waals surface area contributed by atoms with E-state index in [0.29, 0.717) is 31.4 Å². The van der Waals surface area contributed by atoms with Gasteiger partial charge >= 0.3 is 0 Å². The topological polar surface area (TPSA) is 108 Å². The summed E-state index contributed by atoms with van der Waals surface area (Å²) in [6, 6.07) is 4.98. The van der Waals surface area contributed by atoms with Crippen LogP contribution in [-0.4, -0.2) is 65.2 Å². The summed E-state index contributed by atoms with van der Waals surface area (Å²) < 4.78 is 6.62. The Morgan fingerprint density at radius 3 is 2.66 bits per heavy atom. The molecule has 3 aliphatic rings. The van der Waals surface area contributed by atoms with E-state index in [-0.39, 0.29) is 30.9 Å². The van der Waals surface area contributed by atoms with E-state index in [9.17, 15) is 19.5 Å². The number of ether oxygens (including phenoxy) is 1. The number of benzene rings is 1. The number of anilines is 1. The molecule has 1 aromatic rings. The lowest BCUT2D eigenvalue weighted by Gasteiger charge is -2.33. The molecule has 1 aromatic carbocycles. The van der Waals surface area contributed by atoms with E-state index >= 15 is 0 Å². The molecule has 8 heteroatoms. The van der Waals surface area contributed by atoms with Crippen LogP contribution in [0.25, 0.3) is 0 Å². The first kappa shape index (κ1) is 22.7. The van der Waals surface area contributed by atoms with Gasteiger partial charge < -0.3 is 25.4 Å². The molecule has 2 unspecified atom stereocenters. The van der Waals surface area contributed by atoms with Crippen LogP contribution in [0.2, 0.25) is 0 Å². The third-order valence-electron chi connectivity index (χ3n) is 7.67. The summed E-state index contributed by atoms with van der Waals surface area (Å²) in [5.41, 5.74) is 0.867. The Balaban J connectivity index is 1.76. The fraction of sp³-hybridized carbons (Fsp3) is 0.625. The molecule has 5 atom stereocenters. The first-order valence-corrected chi connectivity index (χ1v) is 11.5. The molecule has 3 fully saturated rings. The van der Waals surface area contributed by atoms with E-state index < -0.39 is 29.1 Å². The van der Waals surface area contributed by atoms with Gasteiger partial charge in [0.15, 0.2) is 0 Å². The predicted octanol–water partition coefficient (Wildman–Crippen LogP) is 1.53. The average Bonchev–Trinajstić information content (AvgIpc) is 3.38. The number of hydrogen-bond donors (Lipinski definition) is 3. The number of amides is 3. The molecular weight excluding hydrogens is 410 g/mol. The maximum Gasteiger partial charge on any atom is 0.250 e. The molecule has 32 heavy (non-hydrogen) atoms. The van der Waals surface area contributed by atoms with Crippen molar-refractivity contribution in [1.82, 2.24) is 10.2 Å². The highest BCUT2D eigenvalue weighted by molar-refractivity contribution is 6.04. The highest BCUT2D eigenvalue weighted by atomic mass is 16.5. The van der Waals surface area contributed by atoms with E-state index in [2.05, 4.69) is 10.6 Å². The number of carbonyl (C=O) groups is 3. The van der Waals surface area contributed by atoms with Crippen molar-refractivity contribution in [2.24, 2.45) is 11.8 Å². The van der Waals surface area contributed by atoms with Gasteiger partial charge in [0, 0.05) is 25.9 Å². The van der Waals surface area contributed by atoms with E-state index in [1.807, 2.05) is 39.0 Å². The third kappa shape index (κ3) is 3.15. The number of nitrogens with one attached hydrogen (secondary N) is 2. The van der Waals surface area contributed by atoms with E-state index in [1.165, 1.54) is 4.90 Å². The van der Waals surface area contributed by atoms with Crippen molar-refractivity contribution in [1.29, 1.82) is 0 Å². The van der Waals surface area contributed by atoms with Crippen molar-refractivity contribution in [3.05, 3.63) is 29.3 Å². The van der Waals surface area contributed by atoms with Crippen LogP contribution in [0.5, 0.6) is 0 Å². The average molecular weight is 444 g/mol. The van der Waals surface area contributed by atoms with E-state index in [4.69, 9.17) is 4.74 Å². The molecule has 8 nitrogen and oxygen atoms in total. The van der Waals surface area contributed by atoms with Crippen molar-refractivity contribution >= 4 is 23.4 Å². The molecule has 3 amide bonds. The minimum atomic E-state index is -1.04. The molecule has 3 N–H and O–H groups in total. The molecule has 0 aromatic heterocycles. The summed E-state index contributed by atoms with van der Waals surface area (Å²) in [6.45, 7) is 5.99. The standard InChI is InChI=1S/C24H33N3O5/c1-5-23-9-10-24(32-23)18(17(23)20(29)25-4)22(31)27(11-6-12-28)19(24)21(30)26-16-13-14(2)7-8-15(16)3/h7-8,13,17-19,28H,5-6,9-12H2,1-4H3,(H,25,29)(H,26,30)/t17-,18+,19?,23+,24?/m1/s1. The highest BCUT2D eigenvalue weighted by Gasteiger charge is 2.78. The second-order valence-corrected chi connectivity index (χ2v) is 9.36. The summed E-state index contributed by atoms with van der Waals surface area (Å²) >= 11 is 0. The van der Waals surface area contributed by atoms with Crippen LogP contribution in [0, 0.1) is 25.7 Å². The number of aliphatic hydroxyl groups is 1. The summed E-state index contributed by atoms with van der Waals surface area (Å²) in [5.74, 6) is -2.09. The Kier molecular flexibility index (Phi) is 5.79. The SMILES string of the molecule is CC[C@@]12CCC3(O1)C(C(=O)Nc1cc(C)ccc1C)N(CCCO)C(=O)[C@@H]3[C@@H]2C(=O)NC. The third-order valence-corrected chi connectivity index (χ3v) is 7.67. The Morgan fingerprint density at radius 1 is 1.25 bits per heavy atom. The molecule has 4 rings (SSSR count). The van der Waals surface area contributed by atoms with Crippen LogP contribution in [0.1, 0.15) is 43.7 Å². The van der Waals surface area contributed by atoms with Crippen LogP contribution >= 0.6 is 0 Å². The number of nitrogens with zero attached hydrogens (tertiary/aromatic N) is 1. The first-order chi connectivity index (χ1) is 15.2. The number of fused-ring (bicyclic) bond motifs is 1. The van der Waals surface area contributed by atoms with Crippen molar-refractivity contribution in [2.45, 2.75) is 63.7 Å². The maximum absolute atomic E-state index is 13.7. The number of rotatable bonds is 7. The van der Waals surface area contributed by atoms with Crippen LogP contribution in [0.15, 0.2) is 18.2 Å². The number of likely N-dealkylation sites (tertiary alicyclic amines) is 1. The Hall–Kier alpha value is -2.45. The second-order valence-electron chi connectivity index (χ2n) is 9.36. The first-order valence-electron chi connectivity index (χ1n) is 11.5. The summed E-state index contributed by atoms with van der Waals surface area (Å²) in [7, 11) is 1.57. The second kappa shape index (κ2) is 8.15. The lowest BCUT2D eigenvalue weighted by molar-refractivity contribution is -0.146. The number of carbonyl (C=O) groups excluding carboxylic acids is 3. The predicted molar refractivity (Wildman–Crippen MR) is 119 cm³/mol. The zero-order valence-electron chi connectivity index (χ0n) is 19.2. The van der Waals surface area contributed by atoms with E-state index in [0.717, 1.165) is 11.1 Å². The summed E-state index contributed by atoms with van der Waals surface area (Å²) in [6.07, 6.45) is 2.13. The van der Waals surface area contributed by atoms with Gasteiger partial charge in [-0.25, -0.2) is 0 Å². The fourth-order valence-electron chi connectivity index (χ4n) is 6.13. The Morgan fingerprint density at radius 2 is 2.00 bits per heavy atom. The largest absolute Gasteiger partial charge is 0.396 e. The fourth-order valence-corrected chi connectivity index (χ4v) is 6.13. The quantitative estimate of drug-likeness (QED) is 0.592. The molecule has 0 saturated carbocycles. The van der Waals surface area contributed by atoms with Gasteiger partial charge in [-0.05, 0) is 56.7 Å². The number of aryl methyl sites for hydroxylation is 2. The van der Waals surface area contributed by atoms with Crippen LogP contribution in [0.4, 0.5) is 5.69 Å². The molecule has 3 aliphatic heterocycles. The van der Waals surface area contributed by atoms with Gasteiger partial charge in [0.2, 0.25) is 17.7 Å². The van der Waals surface area contributed by atoms with Gasteiger partial charge in [-0.2, -0.15) is 0 Å². The maximum atomic E-state index is 13.7. The van der Waals surface area contributed by atoms with Crippen molar-refractivity contribution in [3.8, 4) is 0 Å². The van der Waals surface area contributed by atoms with Crippen LogP contribution in [0.3, 0.4) is 0 Å². The highest BCUT2D eigenvalue weighted by Crippen LogP contribution is 2.64. The number of aliphatic hydroxyl groups excluding tert-OH is 1. The lowest BCUT2D eigenvalue weighted by atomic mass is 9.65. The molecule has 0 aliphatic carbocycles. The van der Waals surface area contributed by atoms with Crippen molar-refractivity contribution in [2.75, 3.05) is 25.5 Å². The zero-order chi connectivity index (χ0) is 23.3. The molecule has 174 valence electrons. The molecule has 0 radical (unpaired) electrons. The molecular formula is C24H33N3O5. The van der Waals surface area contributed by atoms with Crippen molar-refractivity contribution in [3.63, 3.8) is 0 Å². The zero-order valence-corrected chi connectivity index (χ0v) is 19.2. The van der Waals surface area contributed by atoms with Gasteiger partial charge in [0.25, 0.3) is 0 Å². The van der Waals surface area contributed by atoms with Crippen LogP contribution in [-0.2, 0) is 19.1 Å². The van der Waals surface area contributed by atoms with Gasteiger partial charge in [0.1, 0.15) is 11.6 Å².